The first-order valence-corrected chi connectivity index (χ1v) is 9.94. The zero-order valence-corrected chi connectivity index (χ0v) is 14.5. The van der Waals surface area contributed by atoms with Gasteiger partial charge >= 0.3 is 0 Å². The van der Waals surface area contributed by atoms with Gasteiger partial charge in [0.1, 0.15) is 5.82 Å². The molecule has 0 aliphatic carbocycles. The molecule has 8 nitrogen and oxygen atoms in total. The van der Waals surface area contributed by atoms with E-state index in [-0.39, 0.29) is 23.1 Å². The highest BCUT2D eigenvalue weighted by molar-refractivity contribution is 7.91. The van der Waals surface area contributed by atoms with Gasteiger partial charge in [0.2, 0.25) is 0 Å². The maximum Gasteiger partial charge on any atom is 0.272 e. The largest absolute Gasteiger partial charge is 0.347 e. The van der Waals surface area contributed by atoms with Crippen LogP contribution in [0, 0.1) is 0 Å². The molecule has 3 heterocycles. The van der Waals surface area contributed by atoms with Crippen LogP contribution >= 0.6 is 11.3 Å². The van der Waals surface area contributed by atoms with Gasteiger partial charge in [-0.25, -0.2) is 8.42 Å². The van der Waals surface area contributed by atoms with Crippen molar-refractivity contribution in [3.05, 3.63) is 34.2 Å². The van der Waals surface area contributed by atoms with E-state index in [0.717, 1.165) is 0 Å². The first-order valence-electron chi connectivity index (χ1n) is 7.24. The number of nitrogens with one attached hydrogen (secondary N) is 2. The number of nitrogens with zero attached hydrogens (tertiary/aromatic N) is 2. The minimum Gasteiger partial charge on any atom is -0.347 e. The molecule has 1 atom stereocenters. The van der Waals surface area contributed by atoms with Gasteiger partial charge in [0.15, 0.2) is 15.5 Å². The third-order valence-electron chi connectivity index (χ3n) is 3.67. The van der Waals surface area contributed by atoms with E-state index in [2.05, 4.69) is 15.7 Å². The van der Waals surface area contributed by atoms with Gasteiger partial charge in [0.25, 0.3) is 11.8 Å². The van der Waals surface area contributed by atoms with Crippen LogP contribution in [0.5, 0.6) is 0 Å². The summed E-state index contributed by atoms with van der Waals surface area (Å²) in [6, 6.07) is 4.54. The molecule has 0 saturated carbocycles. The maximum atomic E-state index is 12.2. The summed E-state index contributed by atoms with van der Waals surface area (Å²) < 4.78 is 24.3. The van der Waals surface area contributed by atoms with Crippen molar-refractivity contribution in [2.24, 2.45) is 7.05 Å². The first-order chi connectivity index (χ1) is 11.3. The molecular formula is C14H16N4O4S2. The van der Waals surface area contributed by atoms with Gasteiger partial charge in [0.05, 0.1) is 16.4 Å². The first kappa shape index (κ1) is 16.7. The Kier molecular flexibility index (Phi) is 4.41. The average Bonchev–Trinajstić information content (AvgIpc) is 3.21. The van der Waals surface area contributed by atoms with E-state index in [4.69, 9.17) is 0 Å². The van der Waals surface area contributed by atoms with E-state index in [1.807, 2.05) is 0 Å². The molecule has 2 amide bonds. The van der Waals surface area contributed by atoms with Gasteiger partial charge in [0, 0.05) is 19.2 Å². The number of rotatable bonds is 4. The topological polar surface area (TPSA) is 110 Å². The van der Waals surface area contributed by atoms with Crippen molar-refractivity contribution in [2.45, 2.75) is 12.5 Å². The number of hydrogen-bond acceptors (Lipinski definition) is 6. The summed E-state index contributed by atoms with van der Waals surface area (Å²) >= 11 is 1.31. The molecule has 1 saturated heterocycles. The number of carbonyl (C=O) groups excluding carboxylic acids is 2. The lowest BCUT2D eigenvalue weighted by molar-refractivity contribution is 0.0934. The van der Waals surface area contributed by atoms with Crippen LogP contribution in [-0.2, 0) is 16.9 Å². The average molecular weight is 368 g/mol. The van der Waals surface area contributed by atoms with Crippen LogP contribution in [0.25, 0.3) is 0 Å². The molecule has 1 fully saturated rings. The minimum absolute atomic E-state index is 0.0481. The highest BCUT2D eigenvalue weighted by atomic mass is 32.2. The van der Waals surface area contributed by atoms with Gasteiger partial charge in [-0.15, -0.1) is 11.3 Å². The Morgan fingerprint density at radius 1 is 1.38 bits per heavy atom. The monoisotopic (exact) mass is 368 g/mol. The smallest absolute Gasteiger partial charge is 0.272 e. The zero-order chi connectivity index (χ0) is 17.3. The van der Waals surface area contributed by atoms with Gasteiger partial charge in [-0.3, -0.25) is 14.3 Å². The molecule has 2 aromatic rings. The van der Waals surface area contributed by atoms with Crippen LogP contribution in [0.3, 0.4) is 0 Å². The molecule has 128 valence electrons. The van der Waals surface area contributed by atoms with Crippen LogP contribution in [0.2, 0.25) is 0 Å². The van der Waals surface area contributed by atoms with E-state index in [9.17, 15) is 18.0 Å². The lowest BCUT2D eigenvalue weighted by Crippen LogP contribution is -2.35. The van der Waals surface area contributed by atoms with E-state index in [1.54, 1.807) is 24.6 Å². The summed E-state index contributed by atoms with van der Waals surface area (Å²) in [7, 11) is -1.45. The van der Waals surface area contributed by atoms with Gasteiger partial charge < -0.3 is 10.6 Å². The van der Waals surface area contributed by atoms with Crippen molar-refractivity contribution in [1.82, 2.24) is 15.1 Å². The number of amides is 2. The minimum atomic E-state index is -3.06. The number of aryl methyl sites for hydroxylation is 1. The van der Waals surface area contributed by atoms with E-state index in [1.165, 1.54) is 22.1 Å². The molecule has 2 N–H and O–H groups in total. The SMILES string of the molecule is Cn1nc(C(=O)NC2CCS(=O)(=O)C2)cc1NC(=O)c1cccs1. The number of aromatic nitrogens is 2. The summed E-state index contributed by atoms with van der Waals surface area (Å²) in [5, 5.41) is 11.2. The van der Waals surface area contributed by atoms with Crippen molar-refractivity contribution >= 4 is 38.8 Å². The highest BCUT2D eigenvalue weighted by Gasteiger charge is 2.29. The lowest BCUT2D eigenvalue weighted by Gasteiger charge is -2.08. The van der Waals surface area contributed by atoms with Crippen LogP contribution < -0.4 is 10.6 Å². The van der Waals surface area contributed by atoms with Crippen LogP contribution in [0.15, 0.2) is 23.6 Å². The molecule has 1 unspecified atom stereocenters. The van der Waals surface area contributed by atoms with Crippen LogP contribution in [-0.4, -0.2) is 47.6 Å². The molecule has 24 heavy (non-hydrogen) atoms. The fourth-order valence-electron chi connectivity index (χ4n) is 2.45. The standard InChI is InChI=1S/C14H16N4O4S2/c1-18-12(16-14(20)11-3-2-5-23-11)7-10(17-18)13(19)15-9-4-6-24(21,22)8-9/h2-3,5,7,9H,4,6,8H2,1H3,(H,15,19)(H,16,20). The summed E-state index contributed by atoms with van der Waals surface area (Å²) in [6.45, 7) is 0. The maximum absolute atomic E-state index is 12.2. The second kappa shape index (κ2) is 6.36. The highest BCUT2D eigenvalue weighted by Crippen LogP contribution is 2.15. The number of anilines is 1. The fraction of sp³-hybridized carbons (Fsp3) is 0.357. The summed E-state index contributed by atoms with van der Waals surface area (Å²) in [5.74, 6) is -0.306. The Morgan fingerprint density at radius 2 is 2.17 bits per heavy atom. The van der Waals surface area contributed by atoms with E-state index < -0.39 is 21.8 Å². The predicted octanol–water partition coefficient (Wildman–Crippen LogP) is 0.651. The van der Waals surface area contributed by atoms with Crippen molar-refractivity contribution in [2.75, 3.05) is 16.8 Å². The van der Waals surface area contributed by atoms with Crippen molar-refractivity contribution in [3.63, 3.8) is 0 Å². The van der Waals surface area contributed by atoms with E-state index in [0.29, 0.717) is 17.1 Å². The normalized spacial score (nSPS) is 19.1. The molecule has 0 spiro atoms. The van der Waals surface area contributed by atoms with Crippen molar-refractivity contribution in [3.8, 4) is 0 Å². The molecular weight excluding hydrogens is 352 g/mol. The Hall–Kier alpha value is -2.20. The molecule has 1 aliphatic rings. The third-order valence-corrected chi connectivity index (χ3v) is 6.30. The van der Waals surface area contributed by atoms with Gasteiger partial charge in [-0.2, -0.15) is 5.10 Å². The Labute approximate surface area is 142 Å². The second-order valence-corrected chi connectivity index (χ2v) is 8.72. The molecule has 0 aromatic carbocycles. The van der Waals surface area contributed by atoms with Crippen molar-refractivity contribution < 1.29 is 18.0 Å². The second-order valence-electron chi connectivity index (χ2n) is 5.54. The number of hydrogen-bond donors (Lipinski definition) is 2. The number of sulfone groups is 1. The quantitative estimate of drug-likeness (QED) is 0.823. The lowest BCUT2D eigenvalue weighted by atomic mass is 10.2. The molecule has 10 heteroatoms. The zero-order valence-electron chi connectivity index (χ0n) is 12.9. The Balaban J connectivity index is 1.67. The van der Waals surface area contributed by atoms with Crippen LogP contribution in [0.1, 0.15) is 26.6 Å². The van der Waals surface area contributed by atoms with Gasteiger partial charge in [-0.1, -0.05) is 6.07 Å². The third kappa shape index (κ3) is 3.65. The summed E-state index contributed by atoms with van der Waals surface area (Å²) in [6.07, 6.45) is 0.406. The summed E-state index contributed by atoms with van der Waals surface area (Å²) in [4.78, 5) is 24.8. The Bertz CT molecular complexity index is 871. The van der Waals surface area contributed by atoms with Crippen molar-refractivity contribution in [1.29, 1.82) is 0 Å². The Morgan fingerprint density at radius 3 is 2.79 bits per heavy atom. The predicted molar refractivity (Wildman–Crippen MR) is 90.0 cm³/mol. The fourth-order valence-corrected chi connectivity index (χ4v) is 4.74. The molecule has 0 bridgehead atoms. The van der Waals surface area contributed by atoms with Crippen LogP contribution in [0.4, 0.5) is 5.82 Å². The van der Waals surface area contributed by atoms with E-state index >= 15 is 0 Å². The van der Waals surface area contributed by atoms with Gasteiger partial charge in [-0.05, 0) is 17.9 Å². The molecule has 2 aromatic heterocycles. The molecule has 1 aliphatic heterocycles. The molecule has 3 rings (SSSR count). The molecule has 0 radical (unpaired) electrons. The summed E-state index contributed by atoms with van der Waals surface area (Å²) in [5.41, 5.74) is 0.128. The number of thiophene rings is 1. The number of carbonyl (C=O) groups is 2.